The lowest BCUT2D eigenvalue weighted by Crippen LogP contribution is -1.97. The SMILES string of the molecule is Cc1c(-c2ccnc(N)n2)nn2cnc(Nc3ccccc3)cc12. The minimum absolute atomic E-state index is 0.230. The molecule has 0 aliphatic carbocycles. The van der Waals surface area contributed by atoms with Crippen LogP contribution in [-0.2, 0) is 0 Å². The summed E-state index contributed by atoms with van der Waals surface area (Å²) >= 11 is 0. The van der Waals surface area contributed by atoms with E-state index in [0.29, 0.717) is 5.69 Å². The van der Waals surface area contributed by atoms with E-state index in [1.165, 1.54) is 0 Å². The van der Waals surface area contributed by atoms with Crippen molar-refractivity contribution in [2.24, 2.45) is 0 Å². The van der Waals surface area contributed by atoms with E-state index in [0.717, 1.165) is 28.3 Å². The Labute approximate surface area is 138 Å². The highest BCUT2D eigenvalue weighted by Gasteiger charge is 2.13. The first-order valence-electron chi connectivity index (χ1n) is 7.46. The predicted octanol–water partition coefficient (Wildman–Crippen LogP) is 2.82. The molecule has 4 aromatic rings. The molecule has 7 heteroatoms. The molecule has 0 aliphatic rings. The number of aromatic nitrogens is 5. The van der Waals surface area contributed by atoms with Crippen molar-refractivity contribution in [2.75, 3.05) is 11.1 Å². The third kappa shape index (κ3) is 2.52. The summed E-state index contributed by atoms with van der Waals surface area (Å²) in [5.74, 6) is 0.985. The van der Waals surface area contributed by atoms with Gasteiger partial charge < -0.3 is 11.1 Å². The van der Waals surface area contributed by atoms with E-state index in [9.17, 15) is 0 Å². The van der Waals surface area contributed by atoms with Crippen LogP contribution >= 0.6 is 0 Å². The molecule has 3 heterocycles. The number of benzene rings is 1. The molecule has 1 aromatic carbocycles. The van der Waals surface area contributed by atoms with Gasteiger partial charge in [-0.3, -0.25) is 0 Å². The van der Waals surface area contributed by atoms with Crippen LogP contribution < -0.4 is 11.1 Å². The molecular formula is C17H15N7. The minimum atomic E-state index is 0.230. The van der Waals surface area contributed by atoms with Gasteiger partial charge in [0.2, 0.25) is 5.95 Å². The molecule has 0 bridgehead atoms. The second-order valence-corrected chi connectivity index (χ2v) is 5.37. The van der Waals surface area contributed by atoms with Gasteiger partial charge in [-0.2, -0.15) is 5.10 Å². The second kappa shape index (κ2) is 5.62. The fourth-order valence-electron chi connectivity index (χ4n) is 2.56. The summed E-state index contributed by atoms with van der Waals surface area (Å²) in [5.41, 5.74) is 10.1. The minimum Gasteiger partial charge on any atom is -0.368 e. The van der Waals surface area contributed by atoms with Crippen molar-refractivity contribution in [1.82, 2.24) is 24.6 Å². The molecule has 0 atom stereocenters. The van der Waals surface area contributed by atoms with Crippen molar-refractivity contribution in [1.29, 1.82) is 0 Å². The van der Waals surface area contributed by atoms with Crippen molar-refractivity contribution in [3.63, 3.8) is 0 Å². The van der Waals surface area contributed by atoms with Gasteiger partial charge in [-0.15, -0.1) is 0 Å². The fourth-order valence-corrected chi connectivity index (χ4v) is 2.56. The maximum absolute atomic E-state index is 5.67. The Kier molecular flexibility index (Phi) is 3.31. The van der Waals surface area contributed by atoms with E-state index >= 15 is 0 Å². The average Bonchev–Trinajstić information content (AvgIpc) is 2.93. The molecule has 0 saturated heterocycles. The number of hydrogen-bond donors (Lipinski definition) is 2. The second-order valence-electron chi connectivity index (χ2n) is 5.37. The molecule has 0 amide bonds. The van der Waals surface area contributed by atoms with E-state index in [-0.39, 0.29) is 5.95 Å². The van der Waals surface area contributed by atoms with Crippen molar-refractivity contribution in [3.05, 3.63) is 60.6 Å². The quantitative estimate of drug-likeness (QED) is 0.603. The third-order valence-corrected chi connectivity index (χ3v) is 3.74. The zero-order valence-corrected chi connectivity index (χ0v) is 13.0. The van der Waals surface area contributed by atoms with E-state index in [1.54, 1.807) is 23.1 Å². The summed E-state index contributed by atoms with van der Waals surface area (Å²) in [5, 5.41) is 7.84. The van der Waals surface area contributed by atoms with Crippen LogP contribution in [-0.4, -0.2) is 24.6 Å². The number of fused-ring (bicyclic) bond motifs is 1. The molecule has 0 aliphatic heterocycles. The molecular weight excluding hydrogens is 302 g/mol. The van der Waals surface area contributed by atoms with Crippen LogP contribution in [0.5, 0.6) is 0 Å². The number of nitrogen functional groups attached to an aromatic ring is 1. The van der Waals surface area contributed by atoms with Gasteiger partial charge in [0.25, 0.3) is 0 Å². The number of nitrogens with zero attached hydrogens (tertiary/aromatic N) is 5. The molecule has 3 aromatic heterocycles. The molecule has 24 heavy (non-hydrogen) atoms. The van der Waals surface area contributed by atoms with E-state index in [4.69, 9.17) is 5.73 Å². The Morgan fingerprint density at radius 1 is 1.08 bits per heavy atom. The first-order chi connectivity index (χ1) is 11.7. The van der Waals surface area contributed by atoms with Crippen molar-refractivity contribution in [2.45, 2.75) is 6.92 Å². The van der Waals surface area contributed by atoms with Gasteiger partial charge in [0.05, 0.1) is 11.2 Å². The van der Waals surface area contributed by atoms with Crippen LogP contribution in [0.1, 0.15) is 5.56 Å². The largest absolute Gasteiger partial charge is 0.368 e. The molecule has 4 rings (SSSR count). The van der Waals surface area contributed by atoms with Crippen molar-refractivity contribution in [3.8, 4) is 11.4 Å². The molecule has 0 unspecified atom stereocenters. The lowest BCUT2D eigenvalue weighted by atomic mass is 10.2. The van der Waals surface area contributed by atoms with Crippen molar-refractivity contribution < 1.29 is 0 Å². The number of rotatable bonds is 3. The number of anilines is 3. The van der Waals surface area contributed by atoms with Gasteiger partial charge >= 0.3 is 0 Å². The molecule has 7 nitrogen and oxygen atoms in total. The van der Waals surface area contributed by atoms with E-state index in [2.05, 4.69) is 25.4 Å². The van der Waals surface area contributed by atoms with Crippen LogP contribution in [0.25, 0.3) is 16.9 Å². The van der Waals surface area contributed by atoms with Crippen LogP contribution in [0.3, 0.4) is 0 Å². The molecule has 0 radical (unpaired) electrons. The summed E-state index contributed by atoms with van der Waals surface area (Å²) in [4.78, 5) is 12.6. The van der Waals surface area contributed by atoms with Gasteiger partial charge in [0.15, 0.2) is 0 Å². The molecule has 0 fully saturated rings. The van der Waals surface area contributed by atoms with Crippen LogP contribution in [0.15, 0.2) is 55.0 Å². The normalized spacial score (nSPS) is 10.9. The zero-order valence-electron chi connectivity index (χ0n) is 13.0. The third-order valence-electron chi connectivity index (χ3n) is 3.74. The van der Waals surface area contributed by atoms with Gasteiger partial charge in [0.1, 0.15) is 17.8 Å². The lowest BCUT2D eigenvalue weighted by Gasteiger charge is -2.05. The Hall–Kier alpha value is -3.48. The Bertz CT molecular complexity index is 1010. The average molecular weight is 317 g/mol. The predicted molar refractivity (Wildman–Crippen MR) is 92.9 cm³/mol. The molecule has 0 spiro atoms. The molecule has 118 valence electrons. The highest BCUT2D eigenvalue weighted by atomic mass is 15.3. The first-order valence-corrected chi connectivity index (χ1v) is 7.46. The highest BCUT2D eigenvalue weighted by Crippen LogP contribution is 2.25. The van der Waals surface area contributed by atoms with Gasteiger partial charge in [0, 0.05) is 23.5 Å². The zero-order chi connectivity index (χ0) is 16.5. The number of aryl methyl sites for hydroxylation is 1. The maximum atomic E-state index is 5.67. The topological polar surface area (TPSA) is 94.0 Å². The number of para-hydroxylation sites is 1. The summed E-state index contributed by atoms with van der Waals surface area (Å²) in [6.07, 6.45) is 3.31. The smallest absolute Gasteiger partial charge is 0.220 e. The van der Waals surface area contributed by atoms with Crippen molar-refractivity contribution >= 4 is 23.0 Å². The monoisotopic (exact) mass is 317 g/mol. The van der Waals surface area contributed by atoms with Gasteiger partial charge in [-0.05, 0) is 25.1 Å². The summed E-state index contributed by atoms with van der Waals surface area (Å²) in [7, 11) is 0. The van der Waals surface area contributed by atoms with Gasteiger partial charge in [-0.25, -0.2) is 19.5 Å². The maximum Gasteiger partial charge on any atom is 0.220 e. The molecule has 0 saturated carbocycles. The highest BCUT2D eigenvalue weighted by molar-refractivity contribution is 5.73. The van der Waals surface area contributed by atoms with Gasteiger partial charge in [-0.1, -0.05) is 18.2 Å². The van der Waals surface area contributed by atoms with Crippen LogP contribution in [0.4, 0.5) is 17.5 Å². The first kappa shape index (κ1) is 14.1. The van der Waals surface area contributed by atoms with Crippen LogP contribution in [0.2, 0.25) is 0 Å². The summed E-state index contributed by atoms with van der Waals surface area (Å²) < 4.78 is 1.74. The standard InChI is InChI=1S/C17H15N7/c1-11-14-9-15(21-12-5-3-2-4-6-12)20-10-24(14)23-16(11)13-7-8-19-17(18)22-13/h2-10,21H,1H3,(H2,18,19,22). The van der Waals surface area contributed by atoms with E-state index < -0.39 is 0 Å². The Morgan fingerprint density at radius 2 is 1.92 bits per heavy atom. The lowest BCUT2D eigenvalue weighted by molar-refractivity contribution is 0.924. The Morgan fingerprint density at radius 3 is 2.71 bits per heavy atom. The molecule has 3 N–H and O–H groups in total. The summed E-state index contributed by atoms with van der Waals surface area (Å²) in [6.45, 7) is 2.00. The van der Waals surface area contributed by atoms with E-state index in [1.807, 2.05) is 43.3 Å². The summed E-state index contributed by atoms with van der Waals surface area (Å²) in [6, 6.07) is 13.7. The van der Waals surface area contributed by atoms with Crippen LogP contribution in [0, 0.1) is 6.92 Å². The fraction of sp³-hybridized carbons (Fsp3) is 0.0588. The number of nitrogens with one attached hydrogen (secondary N) is 1. The number of hydrogen-bond acceptors (Lipinski definition) is 6. The Balaban J connectivity index is 1.76. The number of nitrogens with two attached hydrogens (primary N) is 1.